The van der Waals surface area contributed by atoms with Crippen LogP contribution in [-0.4, -0.2) is 27.6 Å². The van der Waals surface area contributed by atoms with Gasteiger partial charge in [-0.15, -0.1) is 11.8 Å². The van der Waals surface area contributed by atoms with Gasteiger partial charge >= 0.3 is 6.18 Å². The van der Waals surface area contributed by atoms with Gasteiger partial charge in [0.1, 0.15) is 5.82 Å². The molecule has 0 bridgehead atoms. The van der Waals surface area contributed by atoms with Crippen LogP contribution in [0.5, 0.6) is 0 Å². The Labute approximate surface area is 154 Å². The molecule has 0 radical (unpaired) electrons. The lowest BCUT2D eigenvalue weighted by molar-refractivity contribution is -0.146. The van der Waals surface area contributed by atoms with Crippen LogP contribution in [0.1, 0.15) is 25.7 Å². The summed E-state index contributed by atoms with van der Waals surface area (Å²) in [5, 5.41) is 0.191. The fraction of sp³-hybridized carbons (Fsp3) is 0.368. The molecule has 26 heavy (non-hydrogen) atoms. The van der Waals surface area contributed by atoms with Crippen molar-refractivity contribution in [2.24, 2.45) is 0 Å². The average molecular weight is 380 g/mol. The van der Waals surface area contributed by atoms with Crippen molar-refractivity contribution in [3.05, 3.63) is 48.7 Å². The number of rotatable bonds is 5. The van der Waals surface area contributed by atoms with E-state index in [1.165, 1.54) is 6.20 Å². The second-order valence-corrected chi connectivity index (χ2v) is 7.63. The minimum Gasteiger partial charge on any atom is -0.309 e. The van der Waals surface area contributed by atoms with Crippen molar-refractivity contribution in [2.45, 2.75) is 42.4 Å². The number of alkyl halides is 3. The topological polar surface area (TPSA) is 42.0 Å². The molecule has 0 aliphatic heterocycles. The first kappa shape index (κ1) is 18.8. The molecule has 1 saturated carbocycles. The van der Waals surface area contributed by atoms with Crippen LogP contribution in [0, 0.1) is 0 Å². The number of nitrogens with one attached hydrogen (secondary N) is 1. The number of thioether (sulfide) groups is 1. The predicted molar refractivity (Wildman–Crippen MR) is 98.0 cm³/mol. The van der Waals surface area contributed by atoms with E-state index in [1.54, 1.807) is 12.1 Å². The van der Waals surface area contributed by atoms with Crippen LogP contribution in [-0.2, 0) is 4.79 Å². The van der Waals surface area contributed by atoms with E-state index in [1.807, 2.05) is 30.3 Å². The lowest BCUT2D eigenvalue weighted by Gasteiger charge is -2.22. The highest BCUT2D eigenvalue weighted by Crippen LogP contribution is 2.39. The molecule has 1 amide bonds. The lowest BCUT2D eigenvalue weighted by atomic mass is 10.1. The molecule has 2 aromatic rings. The fourth-order valence-electron chi connectivity index (χ4n) is 3.04. The highest BCUT2D eigenvalue weighted by molar-refractivity contribution is 8.01. The van der Waals surface area contributed by atoms with Gasteiger partial charge in [-0.3, -0.25) is 4.79 Å². The number of carbonyl (C=O) groups is 1. The Kier molecular flexibility index (Phi) is 5.86. The summed E-state index contributed by atoms with van der Waals surface area (Å²) in [6, 6.07) is 12.5. The summed E-state index contributed by atoms with van der Waals surface area (Å²) < 4.78 is 40.3. The minimum absolute atomic E-state index is 0.121. The van der Waals surface area contributed by atoms with Crippen LogP contribution in [0.4, 0.5) is 19.0 Å². The molecular formula is C19H19F3N2OS. The normalized spacial score (nSPS) is 16.4. The van der Waals surface area contributed by atoms with Gasteiger partial charge in [-0.25, -0.2) is 4.98 Å². The molecule has 1 heterocycles. The monoisotopic (exact) mass is 380 g/mol. The summed E-state index contributed by atoms with van der Waals surface area (Å²) in [5.41, 5.74) is 1.37. The Hall–Kier alpha value is -2.02. The first-order chi connectivity index (χ1) is 12.4. The van der Waals surface area contributed by atoms with E-state index in [-0.39, 0.29) is 11.1 Å². The van der Waals surface area contributed by atoms with Gasteiger partial charge in [-0.05, 0) is 30.5 Å². The van der Waals surface area contributed by atoms with Crippen LogP contribution in [0.25, 0.3) is 11.1 Å². The number of hydrogen-bond acceptors (Lipinski definition) is 3. The average Bonchev–Trinajstić information content (AvgIpc) is 3.13. The molecule has 1 unspecified atom stereocenters. The molecule has 138 valence electrons. The van der Waals surface area contributed by atoms with Crippen molar-refractivity contribution >= 4 is 23.5 Å². The van der Waals surface area contributed by atoms with Crippen LogP contribution in [0.3, 0.4) is 0 Å². The van der Waals surface area contributed by atoms with E-state index in [2.05, 4.69) is 10.3 Å². The Morgan fingerprint density at radius 2 is 1.81 bits per heavy atom. The molecule has 1 aliphatic carbocycles. The van der Waals surface area contributed by atoms with Gasteiger partial charge in [-0.1, -0.05) is 43.2 Å². The maximum Gasteiger partial charge on any atom is 0.409 e. The molecule has 1 aromatic carbocycles. The molecule has 1 aliphatic rings. The van der Waals surface area contributed by atoms with Crippen molar-refractivity contribution in [3.8, 4) is 11.1 Å². The quantitative estimate of drug-likeness (QED) is 0.766. The lowest BCUT2D eigenvalue weighted by Crippen LogP contribution is -2.39. The van der Waals surface area contributed by atoms with Crippen molar-refractivity contribution in [1.82, 2.24) is 4.98 Å². The van der Waals surface area contributed by atoms with Gasteiger partial charge in [0, 0.05) is 17.0 Å². The molecule has 0 spiro atoms. The molecule has 1 atom stereocenters. The zero-order chi connectivity index (χ0) is 18.6. The summed E-state index contributed by atoms with van der Waals surface area (Å²) in [4.78, 5) is 16.5. The van der Waals surface area contributed by atoms with Crippen LogP contribution in [0.2, 0.25) is 0 Å². The number of halogens is 3. The third-order valence-electron chi connectivity index (χ3n) is 4.30. The van der Waals surface area contributed by atoms with E-state index in [0.29, 0.717) is 5.56 Å². The molecule has 3 nitrogen and oxygen atoms in total. The first-order valence-electron chi connectivity index (χ1n) is 8.48. The Morgan fingerprint density at radius 1 is 1.12 bits per heavy atom. The fourth-order valence-corrected chi connectivity index (χ4v) is 4.37. The van der Waals surface area contributed by atoms with E-state index in [9.17, 15) is 18.0 Å². The molecular weight excluding hydrogens is 361 g/mol. The van der Waals surface area contributed by atoms with Crippen molar-refractivity contribution in [2.75, 3.05) is 5.32 Å². The maximum absolute atomic E-state index is 13.4. The largest absolute Gasteiger partial charge is 0.409 e. The van der Waals surface area contributed by atoms with Gasteiger partial charge in [0.2, 0.25) is 5.91 Å². The Balaban J connectivity index is 1.81. The van der Waals surface area contributed by atoms with Gasteiger partial charge in [0.05, 0.1) is 0 Å². The molecule has 1 fully saturated rings. The number of anilines is 1. The predicted octanol–water partition coefficient (Wildman–Crippen LogP) is 5.29. The Bertz CT molecular complexity index is 746. The highest BCUT2D eigenvalue weighted by Gasteiger charge is 2.47. The number of benzene rings is 1. The van der Waals surface area contributed by atoms with Crippen molar-refractivity contribution in [1.29, 1.82) is 0 Å². The van der Waals surface area contributed by atoms with Gasteiger partial charge in [0.25, 0.3) is 0 Å². The Morgan fingerprint density at radius 3 is 2.46 bits per heavy atom. The minimum atomic E-state index is -4.60. The number of carbonyl (C=O) groups excluding carboxylic acids is 1. The van der Waals surface area contributed by atoms with E-state index < -0.39 is 17.3 Å². The van der Waals surface area contributed by atoms with Gasteiger partial charge < -0.3 is 5.32 Å². The van der Waals surface area contributed by atoms with Gasteiger partial charge in [0.15, 0.2) is 5.25 Å². The second-order valence-electron chi connectivity index (χ2n) is 6.22. The highest BCUT2D eigenvalue weighted by atomic mass is 32.2. The third kappa shape index (κ3) is 4.58. The van der Waals surface area contributed by atoms with E-state index in [4.69, 9.17) is 0 Å². The summed E-state index contributed by atoms with van der Waals surface area (Å²) in [6.07, 6.45) is 0.144. The molecule has 1 N–H and O–H groups in total. The van der Waals surface area contributed by atoms with E-state index >= 15 is 0 Å². The summed E-state index contributed by atoms with van der Waals surface area (Å²) in [5.74, 6) is -0.921. The number of amides is 1. The summed E-state index contributed by atoms with van der Waals surface area (Å²) in [6.45, 7) is 0. The first-order valence-corrected chi connectivity index (χ1v) is 9.43. The summed E-state index contributed by atoms with van der Waals surface area (Å²) in [7, 11) is 0. The maximum atomic E-state index is 13.4. The molecule has 7 heteroatoms. The SMILES string of the molecule is O=C(Nc1ncccc1-c1ccccc1)C(SC1CCCC1)C(F)(F)F. The number of nitrogens with zero attached hydrogens (tertiary/aromatic N) is 1. The third-order valence-corrected chi connectivity index (χ3v) is 5.91. The van der Waals surface area contributed by atoms with E-state index in [0.717, 1.165) is 43.0 Å². The van der Waals surface area contributed by atoms with Crippen LogP contribution in [0.15, 0.2) is 48.7 Å². The molecule has 0 saturated heterocycles. The summed E-state index contributed by atoms with van der Waals surface area (Å²) >= 11 is 0.723. The number of hydrogen-bond donors (Lipinski definition) is 1. The van der Waals surface area contributed by atoms with Crippen molar-refractivity contribution in [3.63, 3.8) is 0 Å². The van der Waals surface area contributed by atoms with Crippen molar-refractivity contribution < 1.29 is 18.0 Å². The molecule has 3 rings (SSSR count). The van der Waals surface area contributed by atoms with Gasteiger partial charge in [-0.2, -0.15) is 13.2 Å². The number of pyridine rings is 1. The zero-order valence-electron chi connectivity index (χ0n) is 14.0. The smallest absolute Gasteiger partial charge is 0.309 e. The number of aromatic nitrogens is 1. The standard InChI is InChI=1S/C19H19F3N2OS/c20-19(21,22)16(26-14-9-4-5-10-14)18(25)24-17-15(11-6-12-23-17)13-7-2-1-3-8-13/h1-3,6-8,11-12,14,16H,4-5,9-10H2,(H,23,24,25). The van der Waals surface area contributed by atoms with Crippen LogP contribution >= 0.6 is 11.8 Å². The molecule has 1 aromatic heterocycles. The second kappa shape index (κ2) is 8.12. The zero-order valence-corrected chi connectivity index (χ0v) is 14.8. The van der Waals surface area contributed by atoms with Crippen LogP contribution < -0.4 is 5.32 Å².